The van der Waals surface area contributed by atoms with E-state index < -0.39 is 17.4 Å². The Balaban J connectivity index is 1.25. The van der Waals surface area contributed by atoms with Crippen molar-refractivity contribution in [2.24, 2.45) is 5.92 Å². The van der Waals surface area contributed by atoms with Crippen molar-refractivity contribution in [2.75, 3.05) is 34.4 Å². The number of hydrogen-bond donors (Lipinski definition) is 2. The number of allylic oxidation sites excluding steroid dienone is 1. The molecular formula is C33H38N6O5. The number of amides is 3. The van der Waals surface area contributed by atoms with Crippen molar-refractivity contribution in [1.82, 2.24) is 15.0 Å². The van der Waals surface area contributed by atoms with Gasteiger partial charge in [-0.15, -0.1) is 5.10 Å². The van der Waals surface area contributed by atoms with Crippen molar-refractivity contribution in [3.63, 3.8) is 0 Å². The molecule has 230 valence electrons. The standard InChI is InChI=1S/C33H38N6O5/c1-23(6-2-3-16-36-22-25(15-19-40)34-35-36)33(44)28-20-27(38-18-5-8-31(38)42)13-14-29(28)39(32(33)43)21-24-9-11-26(12-10-24)37-17-4-7-30(37)41/h2,6,9-14,20,22-23,40,44H,3-5,7-8,15-19,21H2,1H3/b6-2+/t23-,33+/m1/s1. The van der Waals surface area contributed by atoms with Gasteiger partial charge in [-0.1, -0.05) is 36.4 Å². The van der Waals surface area contributed by atoms with Crippen LogP contribution in [0.15, 0.2) is 60.8 Å². The molecule has 2 N–H and O–H groups in total. The maximum absolute atomic E-state index is 14.1. The Kier molecular flexibility index (Phi) is 8.33. The van der Waals surface area contributed by atoms with Gasteiger partial charge in [0.15, 0.2) is 5.60 Å². The molecule has 2 atom stereocenters. The Bertz CT molecular complexity index is 1580. The van der Waals surface area contributed by atoms with Gasteiger partial charge in [0.05, 0.1) is 17.9 Å². The van der Waals surface area contributed by atoms with Crippen LogP contribution in [0, 0.1) is 5.92 Å². The van der Waals surface area contributed by atoms with Gasteiger partial charge in [-0.25, -0.2) is 0 Å². The lowest BCUT2D eigenvalue weighted by Crippen LogP contribution is -2.44. The third-order valence-electron chi connectivity index (χ3n) is 8.86. The van der Waals surface area contributed by atoms with E-state index in [2.05, 4.69) is 10.3 Å². The minimum absolute atomic E-state index is 0.0137. The average molecular weight is 599 g/mol. The molecule has 11 nitrogen and oxygen atoms in total. The second kappa shape index (κ2) is 12.3. The van der Waals surface area contributed by atoms with Gasteiger partial charge in [0.25, 0.3) is 5.91 Å². The van der Waals surface area contributed by atoms with E-state index in [1.54, 1.807) is 31.6 Å². The van der Waals surface area contributed by atoms with Crippen molar-refractivity contribution in [2.45, 2.75) is 64.1 Å². The highest BCUT2D eigenvalue weighted by Crippen LogP contribution is 2.47. The second-order valence-electron chi connectivity index (χ2n) is 11.8. The first-order chi connectivity index (χ1) is 21.3. The molecule has 1 aromatic heterocycles. The molecule has 6 rings (SSSR count). The molecule has 0 bridgehead atoms. The molecule has 2 aromatic carbocycles. The second-order valence-corrected chi connectivity index (χ2v) is 11.8. The summed E-state index contributed by atoms with van der Waals surface area (Å²) in [5.74, 6) is -0.825. The number of aryl methyl sites for hydroxylation is 1. The fraction of sp³-hybridized carbons (Fsp3) is 0.424. The maximum atomic E-state index is 14.1. The van der Waals surface area contributed by atoms with E-state index in [1.807, 2.05) is 55.5 Å². The van der Waals surface area contributed by atoms with Gasteiger partial charge in [0.2, 0.25) is 11.8 Å². The van der Waals surface area contributed by atoms with E-state index in [-0.39, 0.29) is 25.0 Å². The van der Waals surface area contributed by atoms with Crippen molar-refractivity contribution >= 4 is 34.8 Å². The fourth-order valence-corrected chi connectivity index (χ4v) is 6.39. The molecule has 3 amide bonds. The molecule has 0 aliphatic carbocycles. The smallest absolute Gasteiger partial charge is 0.264 e. The lowest BCUT2D eigenvalue weighted by molar-refractivity contribution is -0.139. The number of nitrogens with zero attached hydrogens (tertiary/aromatic N) is 6. The highest BCUT2D eigenvalue weighted by atomic mass is 16.3. The summed E-state index contributed by atoms with van der Waals surface area (Å²) in [7, 11) is 0. The minimum Gasteiger partial charge on any atom is -0.396 e. The molecule has 0 radical (unpaired) electrons. The summed E-state index contributed by atoms with van der Waals surface area (Å²) in [5.41, 5.74) is 2.40. The molecule has 0 saturated carbocycles. The quantitative estimate of drug-likeness (QED) is 0.324. The van der Waals surface area contributed by atoms with Gasteiger partial charge < -0.3 is 24.9 Å². The van der Waals surface area contributed by atoms with Gasteiger partial charge >= 0.3 is 0 Å². The Morgan fingerprint density at radius 1 is 0.977 bits per heavy atom. The first-order valence-electron chi connectivity index (χ1n) is 15.3. The highest BCUT2D eigenvalue weighted by Gasteiger charge is 2.52. The van der Waals surface area contributed by atoms with E-state index >= 15 is 0 Å². The molecule has 44 heavy (non-hydrogen) atoms. The molecule has 3 aliphatic heterocycles. The number of carbonyl (C=O) groups is 3. The minimum atomic E-state index is -1.83. The molecule has 11 heteroatoms. The Hall–Kier alpha value is -4.35. The summed E-state index contributed by atoms with van der Waals surface area (Å²) in [6, 6.07) is 13.1. The average Bonchev–Trinajstić information content (AvgIpc) is 3.81. The van der Waals surface area contributed by atoms with E-state index in [0.717, 1.165) is 29.8 Å². The topological polar surface area (TPSA) is 132 Å². The van der Waals surface area contributed by atoms with Crippen LogP contribution in [0.1, 0.15) is 55.8 Å². The molecule has 3 aromatic rings. The number of rotatable bonds is 11. The first-order valence-corrected chi connectivity index (χ1v) is 15.3. The molecule has 0 spiro atoms. The summed E-state index contributed by atoms with van der Waals surface area (Å²) in [6.07, 6.45) is 9.31. The zero-order valence-electron chi connectivity index (χ0n) is 24.9. The van der Waals surface area contributed by atoms with E-state index in [4.69, 9.17) is 5.11 Å². The highest BCUT2D eigenvalue weighted by molar-refractivity contribution is 6.08. The monoisotopic (exact) mass is 598 g/mol. The van der Waals surface area contributed by atoms with Gasteiger partial charge in [-0.05, 0) is 55.2 Å². The summed E-state index contributed by atoms with van der Waals surface area (Å²) < 4.78 is 1.71. The molecule has 2 fully saturated rings. The summed E-state index contributed by atoms with van der Waals surface area (Å²) in [6.45, 7) is 3.98. The molecular weight excluding hydrogens is 560 g/mol. The van der Waals surface area contributed by atoms with Crippen molar-refractivity contribution in [3.8, 4) is 0 Å². The predicted octanol–water partition coefficient (Wildman–Crippen LogP) is 3.08. The zero-order valence-corrected chi connectivity index (χ0v) is 24.9. The van der Waals surface area contributed by atoms with Crippen molar-refractivity contribution in [1.29, 1.82) is 0 Å². The van der Waals surface area contributed by atoms with Crippen LogP contribution in [0.3, 0.4) is 0 Å². The predicted molar refractivity (Wildman–Crippen MR) is 165 cm³/mol. The van der Waals surface area contributed by atoms with E-state index in [1.165, 1.54) is 0 Å². The number of fused-ring (bicyclic) bond motifs is 1. The number of aliphatic hydroxyl groups excluding tert-OH is 1. The summed E-state index contributed by atoms with van der Waals surface area (Å²) in [5, 5.41) is 29.4. The van der Waals surface area contributed by atoms with Crippen LogP contribution in [-0.4, -0.2) is 62.6 Å². The number of hydrogen-bond acceptors (Lipinski definition) is 7. The SMILES string of the molecule is C[C@H](/C=C/CCn1cc(CCO)nn1)[C@@]1(O)C(=O)N(Cc2ccc(N3CCCC3=O)cc2)c2ccc(N3CCCC3=O)cc21. The lowest BCUT2D eigenvalue weighted by atomic mass is 9.82. The van der Waals surface area contributed by atoms with Crippen LogP contribution in [0.2, 0.25) is 0 Å². The third kappa shape index (κ3) is 5.53. The van der Waals surface area contributed by atoms with Crippen molar-refractivity contribution < 1.29 is 24.6 Å². The van der Waals surface area contributed by atoms with Crippen LogP contribution in [0.4, 0.5) is 17.1 Å². The van der Waals surface area contributed by atoms with E-state index in [0.29, 0.717) is 62.3 Å². The van der Waals surface area contributed by atoms with Gasteiger partial charge in [-0.3, -0.25) is 19.1 Å². The number of aliphatic hydroxyl groups is 2. The number of benzene rings is 2. The van der Waals surface area contributed by atoms with Crippen LogP contribution < -0.4 is 14.7 Å². The van der Waals surface area contributed by atoms with Gasteiger partial charge in [0, 0.05) is 74.6 Å². The molecule has 0 unspecified atom stereocenters. The van der Waals surface area contributed by atoms with E-state index in [9.17, 15) is 19.5 Å². The van der Waals surface area contributed by atoms with Gasteiger partial charge in [0.1, 0.15) is 0 Å². The van der Waals surface area contributed by atoms with Crippen LogP contribution in [0.5, 0.6) is 0 Å². The molecule has 4 heterocycles. The number of aromatic nitrogens is 3. The third-order valence-corrected chi connectivity index (χ3v) is 8.86. The molecule has 3 aliphatic rings. The number of anilines is 3. The zero-order chi connectivity index (χ0) is 30.8. The Morgan fingerprint density at radius 3 is 2.32 bits per heavy atom. The number of carbonyl (C=O) groups excluding carboxylic acids is 3. The Labute approximate surface area is 256 Å². The van der Waals surface area contributed by atoms with Gasteiger partial charge in [-0.2, -0.15) is 0 Å². The largest absolute Gasteiger partial charge is 0.396 e. The normalized spacial score (nSPS) is 20.9. The summed E-state index contributed by atoms with van der Waals surface area (Å²) >= 11 is 0. The first kappa shape index (κ1) is 29.7. The lowest BCUT2D eigenvalue weighted by Gasteiger charge is -2.28. The fourth-order valence-electron chi connectivity index (χ4n) is 6.39. The summed E-state index contributed by atoms with van der Waals surface area (Å²) in [4.78, 5) is 44.0. The molecule has 2 saturated heterocycles. The van der Waals surface area contributed by atoms with Crippen LogP contribution >= 0.6 is 0 Å². The van der Waals surface area contributed by atoms with Crippen LogP contribution in [-0.2, 0) is 39.5 Å². The Morgan fingerprint density at radius 2 is 1.66 bits per heavy atom. The van der Waals surface area contributed by atoms with Crippen LogP contribution in [0.25, 0.3) is 0 Å². The maximum Gasteiger partial charge on any atom is 0.264 e. The van der Waals surface area contributed by atoms with Crippen molar-refractivity contribution in [3.05, 3.63) is 77.6 Å².